The molecule has 0 unspecified atom stereocenters. The van der Waals surface area contributed by atoms with E-state index in [9.17, 15) is 4.79 Å². The van der Waals surface area contributed by atoms with E-state index in [2.05, 4.69) is 18.9 Å². The quantitative estimate of drug-likeness (QED) is 0.876. The van der Waals surface area contributed by atoms with Gasteiger partial charge in [-0.2, -0.15) is 5.10 Å². The molecule has 1 amide bonds. The highest BCUT2D eigenvalue weighted by atomic mass is 16.2. The molecule has 0 bridgehead atoms. The number of nitrogen functional groups attached to an aromatic ring is 1. The van der Waals surface area contributed by atoms with E-state index >= 15 is 0 Å². The van der Waals surface area contributed by atoms with Crippen LogP contribution >= 0.6 is 0 Å². The number of aryl methyl sites for hydroxylation is 1. The van der Waals surface area contributed by atoms with Gasteiger partial charge in [0, 0.05) is 19.1 Å². The number of rotatable bonds is 6. The standard InChI is InChI=1S/C16H28N4O/c1-4-20-15(14(17)11-18-20)16(21)19(10-9-12(2)3)13-7-5-6-8-13/h11-13H,4-10,17H2,1-3H3. The predicted molar refractivity (Wildman–Crippen MR) is 85.1 cm³/mol. The van der Waals surface area contributed by atoms with Gasteiger partial charge in [0.05, 0.1) is 11.9 Å². The first-order valence-electron chi connectivity index (χ1n) is 8.16. The molecule has 21 heavy (non-hydrogen) atoms. The zero-order chi connectivity index (χ0) is 15.4. The van der Waals surface area contributed by atoms with Crippen molar-refractivity contribution in [3.8, 4) is 0 Å². The lowest BCUT2D eigenvalue weighted by molar-refractivity contribution is 0.0660. The van der Waals surface area contributed by atoms with Crippen molar-refractivity contribution in [2.24, 2.45) is 5.92 Å². The van der Waals surface area contributed by atoms with Gasteiger partial charge in [-0.1, -0.05) is 26.7 Å². The highest BCUT2D eigenvalue weighted by Crippen LogP contribution is 2.26. The molecule has 1 aromatic rings. The Labute approximate surface area is 127 Å². The lowest BCUT2D eigenvalue weighted by Gasteiger charge is -2.30. The van der Waals surface area contributed by atoms with Crippen LogP contribution < -0.4 is 5.73 Å². The summed E-state index contributed by atoms with van der Waals surface area (Å²) >= 11 is 0. The Kier molecular flexibility index (Phi) is 5.26. The maximum atomic E-state index is 13.0. The number of hydrogen-bond acceptors (Lipinski definition) is 3. The molecule has 1 aliphatic rings. The number of aromatic nitrogens is 2. The molecule has 0 aliphatic heterocycles. The van der Waals surface area contributed by atoms with Crippen molar-refractivity contribution >= 4 is 11.6 Å². The van der Waals surface area contributed by atoms with Gasteiger partial charge in [-0.25, -0.2) is 0 Å². The van der Waals surface area contributed by atoms with Crippen LogP contribution in [0.3, 0.4) is 0 Å². The zero-order valence-electron chi connectivity index (χ0n) is 13.5. The van der Waals surface area contributed by atoms with Crippen molar-refractivity contribution in [1.29, 1.82) is 0 Å². The van der Waals surface area contributed by atoms with E-state index in [4.69, 9.17) is 5.73 Å². The fourth-order valence-electron chi connectivity index (χ4n) is 3.07. The van der Waals surface area contributed by atoms with Crippen LogP contribution in [0, 0.1) is 5.92 Å². The second kappa shape index (κ2) is 6.96. The molecule has 0 atom stereocenters. The van der Waals surface area contributed by atoms with Crippen LogP contribution in [0.15, 0.2) is 6.20 Å². The van der Waals surface area contributed by atoms with E-state index < -0.39 is 0 Å². The van der Waals surface area contributed by atoms with E-state index in [0.29, 0.717) is 29.9 Å². The summed E-state index contributed by atoms with van der Waals surface area (Å²) in [4.78, 5) is 15.0. The maximum Gasteiger partial charge on any atom is 0.274 e. The molecular weight excluding hydrogens is 264 g/mol. The second-order valence-electron chi connectivity index (χ2n) is 6.38. The lowest BCUT2D eigenvalue weighted by atomic mass is 10.1. The van der Waals surface area contributed by atoms with Crippen molar-refractivity contribution in [3.05, 3.63) is 11.9 Å². The normalized spacial score (nSPS) is 15.8. The van der Waals surface area contributed by atoms with Crippen LogP contribution in [-0.2, 0) is 6.54 Å². The summed E-state index contributed by atoms with van der Waals surface area (Å²) in [5, 5.41) is 4.20. The summed E-state index contributed by atoms with van der Waals surface area (Å²) in [5.74, 6) is 0.648. The maximum absolute atomic E-state index is 13.0. The van der Waals surface area contributed by atoms with Gasteiger partial charge in [0.2, 0.25) is 0 Å². The molecule has 2 N–H and O–H groups in total. The van der Waals surface area contributed by atoms with Gasteiger partial charge in [-0.15, -0.1) is 0 Å². The highest BCUT2D eigenvalue weighted by Gasteiger charge is 2.30. The Hall–Kier alpha value is -1.52. The first kappa shape index (κ1) is 15.9. The van der Waals surface area contributed by atoms with Crippen molar-refractivity contribution in [3.63, 3.8) is 0 Å². The summed E-state index contributed by atoms with van der Waals surface area (Å²) < 4.78 is 1.72. The van der Waals surface area contributed by atoms with E-state index in [-0.39, 0.29) is 5.91 Å². The topological polar surface area (TPSA) is 64.2 Å². The number of hydrogen-bond donors (Lipinski definition) is 1. The van der Waals surface area contributed by atoms with Crippen LogP contribution in [0.1, 0.15) is 63.4 Å². The number of carbonyl (C=O) groups is 1. The molecule has 1 saturated carbocycles. The Balaban J connectivity index is 2.21. The third-order valence-electron chi connectivity index (χ3n) is 4.34. The molecule has 1 fully saturated rings. The summed E-state index contributed by atoms with van der Waals surface area (Å²) in [6, 6.07) is 0.371. The van der Waals surface area contributed by atoms with Gasteiger partial charge in [-0.3, -0.25) is 9.48 Å². The van der Waals surface area contributed by atoms with Gasteiger partial charge in [0.1, 0.15) is 5.69 Å². The minimum atomic E-state index is 0.0550. The highest BCUT2D eigenvalue weighted by molar-refractivity contribution is 5.97. The van der Waals surface area contributed by atoms with Gasteiger partial charge in [0.15, 0.2) is 0 Å². The molecule has 0 radical (unpaired) electrons. The van der Waals surface area contributed by atoms with E-state index in [0.717, 1.165) is 25.8 Å². The van der Waals surface area contributed by atoms with Gasteiger partial charge >= 0.3 is 0 Å². The third-order valence-corrected chi connectivity index (χ3v) is 4.34. The largest absolute Gasteiger partial charge is 0.396 e. The molecule has 5 nitrogen and oxygen atoms in total. The average Bonchev–Trinajstić information content (AvgIpc) is 3.07. The molecule has 2 rings (SSSR count). The van der Waals surface area contributed by atoms with Crippen LogP contribution in [0.2, 0.25) is 0 Å². The van der Waals surface area contributed by atoms with Crippen molar-refractivity contribution in [2.45, 2.75) is 65.5 Å². The van der Waals surface area contributed by atoms with Gasteiger partial charge in [-0.05, 0) is 32.1 Å². The number of carbonyl (C=O) groups excluding carboxylic acids is 1. The summed E-state index contributed by atoms with van der Waals surface area (Å²) in [5.41, 5.74) is 7.04. The third kappa shape index (κ3) is 3.57. The molecule has 0 aromatic carbocycles. The Morgan fingerprint density at radius 2 is 2.14 bits per heavy atom. The number of amides is 1. The molecular formula is C16H28N4O. The number of nitrogens with zero attached hydrogens (tertiary/aromatic N) is 3. The predicted octanol–water partition coefficient (Wildman–Crippen LogP) is 2.92. The lowest BCUT2D eigenvalue weighted by Crippen LogP contribution is -2.41. The Morgan fingerprint density at radius 3 is 2.71 bits per heavy atom. The minimum absolute atomic E-state index is 0.0550. The van der Waals surface area contributed by atoms with Crippen molar-refractivity contribution in [1.82, 2.24) is 14.7 Å². The van der Waals surface area contributed by atoms with Crippen molar-refractivity contribution < 1.29 is 4.79 Å². The molecule has 1 heterocycles. The Morgan fingerprint density at radius 1 is 1.48 bits per heavy atom. The van der Waals surface area contributed by atoms with E-state index in [1.807, 2.05) is 11.8 Å². The fraction of sp³-hybridized carbons (Fsp3) is 0.750. The van der Waals surface area contributed by atoms with Crippen molar-refractivity contribution in [2.75, 3.05) is 12.3 Å². The molecule has 1 aromatic heterocycles. The summed E-state index contributed by atoms with van der Waals surface area (Å²) in [6.07, 6.45) is 7.29. The Bertz CT molecular complexity index is 475. The van der Waals surface area contributed by atoms with Crippen LogP contribution in [0.4, 0.5) is 5.69 Å². The smallest absolute Gasteiger partial charge is 0.274 e. The molecule has 0 saturated heterocycles. The molecule has 5 heteroatoms. The molecule has 118 valence electrons. The molecule has 1 aliphatic carbocycles. The first-order valence-corrected chi connectivity index (χ1v) is 8.16. The van der Waals surface area contributed by atoms with Gasteiger partial charge < -0.3 is 10.6 Å². The van der Waals surface area contributed by atoms with Crippen LogP contribution in [0.5, 0.6) is 0 Å². The molecule has 0 spiro atoms. The second-order valence-corrected chi connectivity index (χ2v) is 6.38. The zero-order valence-corrected chi connectivity index (χ0v) is 13.5. The number of nitrogens with two attached hydrogens (primary N) is 1. The average molecular weight is 292 g/mol. The summed E-state index contributed by atoms with van der Waals surface area (Å²) in [6.45, 7) is 7.86. The first-order chi connectivity index (χ1) is 10.0. The van der Waals surface area contributed by atoms with Crippen LogP contribution in [-0.4, -0.2) is 33.2 Å². The van der Waals surface area contributed by atoms with E-state index in [1.165, 1.54) is 12.8 Å². The number of anilines is 1. The minimum Gasteiger partial charge on any atom is -0.396 e. The monoisotopic (exact) mass is 292 g/mol. The summed E-state index contributed by atoms with van der Waals surface area (Å²) in [7, 11) is 0. The SMILES string of the molecule is CCn1ncc(N)c1C(=O)N(CCC(C)C)C1CCCC1. The van der Waals surface area contributed by atoms with Crippen LogP contribution in [0.25, 0.3) is 0 Å². The fourth-order valence-corrected chi connectivity index (χ4v) is 3.07. The van der Waals surface area contributed by atoms with Gasteiger partial charge in [0.25, 0.3) is 5.91 Å². The van der Waals surface area contributed by atoms with E-state index in [1.54, 1.807) is 10.9 Å².